The molecule has 1 aliphatic rings. The van der Waals surface area contributed by atoms with Crippen LogP contribution in [0.25, 0.3) is 0 Å². The summed E-state index contributed by atoms with van der Waals surface area (Å²) >= 11 is 0. The Labute approximate surface area is 187 Å². The zero-order valence-corrected chi connectivity index (χ0v) is 18.6. The van der Waals surface area contributed by atoms with Crippen molar-refractivity contribution in [1.82, 2.24) is 21.3 Å². The molecule has 1 fully saturated rings. The van der Waals surface area contributed by atoms with Crippen molar-refractivity contribution in [2.45, 2.75) is 76.5 Å². The average molecular weight is 458 g/mol. The number of nitrogens with two attached hydrogens (primary N) is 1. The van der Waals surface area contributed by atoms with Gasteiger partial charge in [-0.25, -0.2) is 4.79 Å². The van der Waals surface area contributed by atoms with E-state index in [0.717, 1.165) is 6.42 Å². The molecule has 1 rings (SSSR count). The van der Waals surface area contributed by atoms with Crippen LogP contribution >= 0.6 is 0 Å². The third-order valence-corrected chi connectivity index (χ3v) is 5.20. The van der Waals surface area contributed by atoms with Gasteiger partial charge < -0.3 is 37.2 Å². The monoisotopic (exact) mass is 457 g/mol. The quantitative estimate of drug-likeness (QED) is 0.152. The van der Waals surface area contributed by atoms with Crippen molar-refractivity contribution in [2.75, 3.05) is 13.1 Å². The van der Waals surface area contributed by atoms with Crippen molar-refractivity contribution in [1.29, 1.82) is 0 Å². The van der Waals surface area contributed by atoms with Gasteiger partial charge in [0, 0.05) is 0 Å². The molecule has 32 heavy (non-hydrogen) atoms. The van der Waals surface area contributed by atoms with Gasteiger partial charge in [0.1, 0.15) is 18.1 Å². The molecular formula is C20H35N5O7. The minimum atomic E-state index is -1.38. The zero-order chi connectivity index (χ0) is 24.3. The maximum absolute atomic E-state index is 12.8. The van der Waals surface area contributed by atoms with Crippen LogP contribution in [0, 0.1) is 5.92 Å². The van der Waals surface area contributed by atoms with Crippen LogP contribution in [0.3, 0.4) is 0 Å². The number of aliphatic carboxylic acids is 2. The predicted molar refractivity (Wildman–Crippen MR) is 114 cm³/mol. The van der Waals surface area contributed by atoms with E-state index in [1.807, 2.05) is 0 Å². The van der Waals surface area contributed by atoms with Crippen molar-refractivity contribution in [3.63, 3.8) is 0 Å². The van der Waals surface area contributed by atoms with E-state index in [-0.39, 0.29) is 6.42 Å². The molecule has 0 bridgehead atoms. The van der Waals surface area contributed by atoms with Gasteiger partial charge in [0.05, 0.1) is 12.5 Å². The number of carboxylic acid groups (broad SMARTS) is 2. The summed E-state index contributed by atoms with van der Waals surface area (Å²) in [5.41, 5.74) is 5.49. The number of nitrogens with one attached hydrogen (secondary N) is 4. The highest BCUT2D eigenvalue weighted by Crippen LogP contribution is 2.08. The van der Waals surface area contributed by atoms with E-state index in [1.165, 1.54) is 0 Å². The number of rotatable bonds is 14. The second-order valence-corrected chi connectivity index (χ2v) is 8.22. The van der Waals surface area contributed by atoms with Crippen molar-refractivity contribution >= 4 is 29.7 Å². The van der Waals surface area contributed by atoms with Crippen LogP contribution in [0.2, 0.25) is 0 Å². The Morgan fingerprint density at radius 2 is 1.66 bits per heavy atom. The van der Waals surface area contributed by atoms with E-state index in [1.54, 1.807) is 13.8 Å². The lowest BCUT2D eigenvalue weighted by Crippen LogP contribution is -2.57. The summed E-state index contributed by atoms with van der Waals surface area (Å²) < 4.78 is 0. The summed E-state index contributed by atoms with van der Waals surface area (Å²) in [7, 11) is 0. The number of amides is 3. The SMILES string of the molecule is CC(C)C(NC(=O)C(CCCCN)NC(=O)C(CC(=O)O)NC(=O)C1CCCN1)C(=O)O. The first-order chi connectivity index (χ1) is 15.1. The second-order valence-electron chi connectivity index (χ2n) is 8.22. The van der Waals surface area contributed by atoms with Crippen LogP contribution in [-0.4, -0.2) is 77.1 Å². The highest BCUT2D eigenvalue weighted by molar-refractivity contribution is 5.95. The lowest BCUT2D eigenvalue weighted by Gasteiger charge is -2.25. The fourth-order valence-corrected chi connectivity index (χ4v) is 3.37. The van der Waals surface area contributed by atoms with Crippen LogP contribution in [0.5, 0.6) is 0 Å². The van der Waals surface area contributed by atoms with E-state index >= 15 is 0 Å². The summed E-state index contributed by atoms with van der Waals surface area (Å²) in [4.78, 5) is 60.6. The molecule has 4 unspecified atom stereocenters. The van der Waals surface area contributed by atoms with E-state index in [0.29, 0.717) is 32.4 Å². The van der Waals surface area contributed by atoms with Crippen LogP contribution in [-0.2, 0) is 24.0 Å². The van der Waals surface area contributed by atoms with Gasteiger partial charge in [-0.1, -0.05) is 13.8 Å². The van der Waals surface area contributed by atoms with Crippen molar-refractivity contribution in [3.05, 3.63) is 0 Å². The highest BCUT2D eigenvalue weighted by Gasteiger charge is 2.32. The highest BCUT2D eigenvalue weighted by atomic mass is 16.4. The summed E-state index contributed by atoms with van der Waals surface area (Å²) in [5.74, 6) is -4.91. The number of hydrogen-bond donors (Lipinski definition) is 7. The molecule has 0 saturated carbocycles. The number of carboxylic acids is 2. The molecule has 0 spiro atoms. The Bertz CT molecular complexity index is 679. The molecule has 182 valence electrons. The predicted octanol–water partition coefficient (Wildman–Crippen LogP) is -1.46. The maximum atomic E-state index is 12.8. The first-order valence-corrected chi connectivity index (χ1v) is 10.9. The molecule has 0 aliphatic carbocycles. The lowest BCUT2D eigenvalue weighted by atomic mass is 10.0. The van der Waals surface area contributed by atoms with E-state index in [9.17, 15) is 29.1 Å². The molecule has 1 aliphatic heterocycles. The molecule has 0 aromatic heterocycles. The van der Waals surface area contributed by atoms with Crippen LogP contribution < -0.4 is 27.0 Å². The summed E-state index contributed by atoms with van der Waals surface area (Å²) in [6, 6.07) is -4.15. The molecular weight excluding hydrogens is 422 g/mol. The van der Waals surface area contributed by atoms with Crippen molar-refractivity contribution in [3.8, 4) is 0 Å². The van der Waals surface area contributed by atoms with Gasteiger partial charge in [-0.15, -0.1) is 0 Å². The minimum Gasteiger partial charge on any atom is -0.481 e. The first-order valence-electron chi connectivity index (χ1n) is 10.9. The molecule has 0 radical (unpaired) electrons. The third kappa shape index (κ3) is 9.18. The van der Waals surface area contributed by atoms with Gasteiger partial charge in [-0.3, -0.25) is 19.2 Å². The molecule has 1 heterocycles. The van der Waals surface area contributed by atoms with Gasteiger partial charge in [-0.05, 0) is 51.1 Å². The Hall–Kier alpha value is -2.73. The molecule has 8 N–H and O–H groups in total. The van der Waals surface area contributed by atoms with Gasteiger partial charge in [0.2, 0.25) is 17.7 Å². The molecule has 4 atom stereocenters. The molecule has 1 saturated heterocycles. The summed E-state index contributed by atoms with van der Waals surface area (Å²) in [6.45, 7) is 4.29. The van der Waals surface area contributed by atoms with E-state index in [2.05, 4.69) is 21.3 Å². The van der Waals surface area contributed by atoms with Crippen LogP contribution in [0.15, 0.2) is 0 Å². The first kappa shape index (κ1) is 27.3. The van der Waals surface area contributed by atoms with Gasteiger partial charge in [-0.2, -0.15) is 0 Å². The van der Waals surface area contributed by atoms with Crippen LogP contribution in [0.1, 0.15) is 52.4 Å². The minimum absolute atomic E-state index is 0.178. The summed E-state index contributed by atoms with van der Waals surface area (Å²) in [5, 5.41) is 28.8. The number of hydrogen-bond acceptors (Lipinski definition) is 7. The fourth-order valence-electron chi connectivity index (χ4n) is 3.37. The van der Waals surface area contributed by atoms with Crippen LogP contribution in [0.4, 0.5) is 0 Å². The molecule has 12 nitrogen and oxygen atoms in total. The van der Waals surface area contributed by atoms with Gasteiger partial charge in [0.25, 0.3) is 0 Å². The van der Waals surface area contributed by atoms with Crippen molar-refractivity contribution in [2.24, 2.45) is 11.7 Å². The largest absolute Gasteiger partial charge is 0.481 e. The lowest BCUT2D eigenvalue weighted by molar-refractivity contribution is -0.144. The maximum Gasteiger partial charge on any atom is 0.326 e. The number of carbonyl (C=O) groups is 5. The Morgan fingerprint density at radius 1 is 1.00 bits per heavy atom. The fraction of sp³-hybridized carbons (Fsp3) is 0.750. The molecule has 3 amide bonds. The normalized spacial score (nSPS) is 18.4. The molecule has 0 aromatic rings. The summed E-state index contributed by atoms with van der Waals surface area (Å²) in [6.07, 6.45) is 1.94. The topological polar surface area (TPSA) is 200 Å². The Kier molecular flexibility index (Phi) is 11.6. The second kappa shape index (κ2) is 13.6. The standard InChI is InChI=1S/C20H35N5O7/c1-11(2)16(20(31)32)25-18(29)13(6-3-4-8-21)23-19(30)14(10-15(26)27)24-17(28)12-7-5-9-22-12/h11-14,16,22H,3-10,21H2,1-2H3,(H,23,30)(H,24,28)(H,25,29)(H,26,27)(H,31,32). The van der Waals surface area contributed by atoms with E-state index in [4.69, 9.17) is 10.8 Å². The Balaban J connectivity index is 2.92. The smallest absolute Gasteiger partial charge is 0.326 e. The average Bonchev–Trinajstić information content (AvgIpc) is 3.24. The Morgan fingerprint density at radius 3 is 2.16 bits per heavy atom. The third-order valence-electron chi connectivity index (χ3n) is 5.20. The van der Waals surface area contributed by atoms with Gasteiger partial charge in [0.15, 0.2) is 0 Å². The van der Waals surface area contributed by atoms with Crippen molar-refractivity contribution < 1.29 is 34.2 Å². The van der Waals surface area contributed by atoms with Gasteiger partial charge >= 0.3 is 11.9 Å². The van der Waals surface area contributed by atoms with E-state index < -0.39 is 66.2 Å². The number of unbranched alkanes of at least 4 members (excludes halogenated alkanes) is 1. The zero-order valence-electron chi connectivity index (χ0n) is 18.6. The number of carbonyl (C=O) groups excluding carboxylic acids is 3. The molecule has 12 heteroatoms. The molecule has 0 aromatic carbocycles.